The van der Waals surface area contributed by atoms with Gasteiger partial charge >= 0.3 is 0 Å². The summed E-state index contributed by atoms with van der Waals surface area (Å²) in [5.74, 6) is 1.31. The molecule has 2 fully saturated rings. The molecule has 0 amide bonds. The zero-order valence-corrected chi connectivity index (χ0v) is 31.0. The molecule has 1 aromatic heterocycles. The average molecular weight is 725 g/mol. The predicted molar refractivity (Wildman–Crippen MR) is 204 cm³/mol. The fourth-order valence-electron chi connectivity index (χ4n) is 6.89. The van der Waals surface area contributed by atoms with E-state index in [2.05, 4.69) is 71.1 Å². The van der Waals surface area contributed by atoms with Gasteiger partial charge in [0.2, 0.25) is 0 Å². The SMILES string of the molecule is Cc1c(COCCN2CCCC2)cccc1-c1cccc(COc2cc(OCc3cncc(C#N)c3)c(CN3CCCCC3)cc2Cl)c1C.O=CO. The summed E-state index contributed by atoms with van der Waals surface area (Å²) in [4.78, 5) is 17.5. The van der Waals surface area contributed by atoms with Gasteiger partial charge in [-0.1, -0.05) is 54.4 Å². The van der Waals surface area contributed by atoms with Gasteiger partial charge in [-0.05, 0) is 111 Å². The molecule has 0 atom stereocenters. The second-order valence-corrected chi connectivity index (χ2v) is 13.8. The first-order valence-electron chi connectivity index (χ1n) is 18.1. The molecule has 0 saturated carbocycles. The topological polar surface area (TPSA) is 108 Å². The van der Waals surface area contributed by atoms with Crippen molar-refractivity contribution in [2.24, 2.45) is 0 Å². The van der Waals surface area contributed by atoms with Gasteiger partial charge in [-0.2, -0.15) is 5.26 Å². The van der Waals surface area contributed by atoms with Gasteiger partial charge in [0.1, 0.15) is 30.8 Å². The molecule has 52 heavy (non-hydrogen) atoms. The van der Waals surface area contributed by atoms with Crippen molar-refractivity contribution in [1.29, 1.82) is 5.26 Å². The van der Waals surface area contributed by atoms with Crippen LogP contribution < -0.4 is 9.47 Å². The number of hydrogen-bond acceptors (Lipinski definition) is 8. The molecule has 0 unspecified atom stereocenters. The molecule has 3 aromatic carbocycles. The van der Waals surface area contributed by atoms with Crippen molar-refractivity contribution < 1.29 is 24.1 Å². The maximum Gasteiger partial charge on any atom is 0.290 e. The molecule has 274 valence electrons. The summed E-state index contributed by atoms with van der Waals surface area (Å²) in [5.41, 5.74) is 9.52. The Morgan fingerprint density at radius 1 is 0.808 bits per heavy atom. The van der Waals surface area contributed by atoms with Gasteiger partial charge in [0.25, 0.3) is 6.47 Å². The third-order valence-electron chi connectivity index (χ3n) is 9.85. The molecule has 10 heteroatoms. The minimum Gasteiger partial charge on any atom is -0.488 e. The number of ether oxygens (including phenoxy) is 3. The van der Waals surface area contributed by atoms with Crippen LogP contribution in [0.2, 0.25) is 5.02 Å². The number of benzene rings is 3. The minimum atomic E-state index is -0.250. The fourth-order valence-corrected chi connectivity index (χ4v) is 7.13. The molecule has 0 bridgehead atoms. The summed E-state index contributed by atoms with van der Waals surface area (Å²) in [7, 11) is 0. The summed E-state index contributed by atoms with van der Waals surface area (Å²) < 4.78 is 18.9. The molecule has 3 heterocycles. The molecule has 2 aliphatic heterocycles. The van der Waals surface area contributed by atoms with Gasteiger partial charge in [-0.15, -0.1) is 0 Å². The first kappa shape index (κ1) is 38.8. The van der Waals surface area contributed by atoms with E-state index in [9.17, 15) is 5.26 Å². The van der Waals surface area contributed by atoms with E-state index in [0.717, 1.165) is 55.2 Å². The molecule has 0 spiro atoms. The van der Waals surface area contributed by atoms with Crippen LogP contribution in [-0.4, -0.2) is 65.7 Å². The number of hydrogen-bond donors (Lipinski definition) is 1. The third-order valence-corrected chi connectivity index (χ3v) is 10.1. The largest absolute Gasteiger partial charge is 0.488 e. The number of rotatable bonds is 14. The smallest absolute Gasteiger partial charge is 0.290 e. The summed E-state index contributed by atoms with van der Waals surface area (Å²) in [6.07, 6.45) is 9.57. The first-order chi connectivity index (χ1) is 25.4. The lowest BCUT2D eigenvalue weighted by atomic mass is 9.92. The van der Waals surface area contributed by atoms with Crippen molar-refractivity contribution in [2.75, 3.05) is 39.3 Å². The number of nitriles is 1. The Morgan fingerprint density at radius 3 is 2.10 bits per heavy atom. The molecule has 4 aromatic rings. The van der Waals surface area contributed by atoms with Crippen LogP contribution in [0.15, 0.2) is 67.0 Å². The highest BCUT2D eigenvalue weighted by Gasteiger charge is 2.18. The number of nitrogens with zero attached hydrogens (tertiary/aromatic N) is 4. The Kier molecular flexibility index (Phi) is 14.9. The summed E-state index contributed by atoms with van der Waals surface area (Å²) in [6.45, 7) is 12.4. The van der Waals surface area contributed by atoms with E-state index in [1.165, 1.54) is 73.0 Å². The summed E-state index contributed by atoms with van der Waals surface area (Å²) >= 11 is 6.88. The molecule has 0 radical (unpaired) electrons. The number of likely N-dealkylation sites (tertiary alicyclic amines) is 2. The summed E-state index contributed by atoms with van der Waals surface area (Å²) in [6, 6.07) is 20.8. The minimum absolute atomic E-state index is 0.250. The Morgan fingerprint density at radius 2 is 1.42 bits per heavy atom. The van der Waals surface area contributed by atoms with Crippen molar-refractivity contribution in [2.45, 2.75) is 72.3 Å². The Labute approximate surface area is 312 Å². The number of carboxylic acid groups (broad SMARTS) is 1. The Balaban J connectivity index is 0.00000168. The normalized spacial score (nSPS) is 14.7. The van der Waals surface area contributed by atoms with Crippen LogP contribution >= 0.6 is 11.6 Å². The molecule has 2 aliphatic rings. The third kappa shape index (κ3) is 10.8. The highest BCUT2D eigenvalue weighted by atomic mass is 35.5. The van der Waals surface area contributed by atoms with Gasteiger partial charge in [0.15, 0.2) is 0 Å². The van der Waals surface area contributed by atoms with Gasteiger partial charge in [-0.3, -0.25) is 14.7 Å². The zero-order valence-electron chi connectivity index (χ0n) is 30.3. The van der Waals surface area contributed by atoms with E-state index in [1.54, 1.807) is 18.5 Å². The van der Waals surface area contributed by atoms with E-state index in [1.807, 2.05) is 12.1 Å². The lowest BCUT2D eigenvalue weighted by molar-refractivity contribution is -0.122. The van der Waals surface area contributed by atoms with Crippen molar-refractivity contribution in [3.05, 3.63) is 111 Å². The number of halogens is 1. The molecule has 9 nitrogen and oxygen atoms in total. The van der Waals surface area contributed by atoms with Crippen molar-refractivity contribution in [1.82, 2.24) is 14.8 Å². The highest BCUT2D eigenvalue weighted by Crippen LogP contribution is 2.36. The molecular formula is C42H49ClN4O5. The molecule has 2 saturated heterocycles. The van der Waals surface area contributed by atoms with Crippen LogP contribution in [0.5, 0.6) is 11.5 Å². The van der Waals surface area contributed by atoms with Crippen LogP contribution in [0, 0.1) is 25.2 Å². The monoisotopic (exact) mass is 724 g/mol. The van der Waals surface area contributed by atoms with Crippen molar-refractivity contribution in [3.8, 4) is 28.7 Å². The van der Waals surface area contributed by atoms with Gasteiger partial charge in [0, 0.05) is 42.7 Å². The predicted octanol–water partition coefficient (Wildman–Crippen LogP) is 8.35. The molecular weight excluding hydrogens is 676 g/mol. The number of pyridine rings is 1. The molecule has 1 N–H and O–H groups in total. The van der Waals surface area contributed by atoms with Crippen LogP contribution in [0.3, 0.4) is 0 Å². The Bertz CT molecular complexity index is 1820. The van der Waals surface area contributed by atoms with E-state index < -0.39 is 0 Å². The highest BCUT2D eigenvalue weighted by molar-refractivity contribution is 6.32. The van der Waals surface area contributed by atoms with E-state index in [-0.39, 0.29) is 6.47 Å². The number of carbonyl (C=O) groups is 1. The van der Waals surface area contributed by atoms with Gasteiger partial charge < -0.3 is 24.2 Å². The lowest BCUT2D eigenvalue weighted by Gasteiger charge is -2.27. The second kappa shape index (κ2) is 20.0. The zero-order chi connectivity index (χ0) is 36.7. The summed E-state index contributed by atoms with van der Waals surface area (Å²) in [5, 5.41) is 16.8. The quantitative estimate of drug-likeness (QED) is 0.101. The molecule has 0 aliphatic carbocycles. The van der Waals surface area contributed by atoms with E-state index >= 15 is 0 Å². The van der Waals surface area contributed by atoms with E-state index in [4.69, 9.17) is 35.7 Å². The first-order valence-corrected chi connectivity index (χ1v) is 18.5. The second-order valence-electron chi connectivity index (χ2n) is 13.4. The maximum absolute atomic E-state index is 9.32. The van der Waals surface area contributed by atoms with Crippen molar-refractivity contribution in [3.63, 3.8) is 0 Å². The van der Waals surface area contributed by atoms with Crippen LogP contribution in [0.4, 0.5) is 0 Å². The molecule has 6 rings (SSSR count). The standard InChI is InChI=1S/C41H47ClN4O3.CH2O2/c1-30-34(28-47-19-18-45-14-6-7-15-45)10-8-12-37(30)38-13-9-11-35(31(38)2)29-49-41-22-40(48-27-33-20-32(23-43)24-44-25-33)36(21-39(41)42)26-46-16-4-3-5-17-46;2-1-3/h8-13,20-22,24-25H,3-7,14-19,26-29H2,1-2H3;1H,(H,2,3). The van der Waals surface area contributed by atoms with Crippen LogP contribution in [0.25, 0.3) is 11.1 Å². The number of piperidine rings is 1. The van der Waals surface area contributed by atoms with E-state index in [0.29, 0.717) is 36.2 Å². The van der Waals surface area contributed by atoms with Gasteiger partial charge in [0.05, 0.1) is 23.8 Å². The fraction of sp³-hybridized carbons (Fsp3) is 0.405. The maximum atomic E-state index is 9.32. The lowest BCUT2D eigenvalue weighted by Crippen LogP contribution is -2.29. The van der Waals surface area contributed by atoms with Gasteiger partial charge in [-0.25, -0.2) is 0 Å². The number of aromatic nitrogens is 1. The van der Waals surface area contributed by atoms with Crippen LogP contribution in [-0.2, 0) is 35.9 Å². The Hall–Kier alpha value is -4.46. The van der Waals surface area contributed by atoms with Crippen LogP contribution in [0.1, 0.15) is 71.0 Å². The average Bonchev–Trinajstić information content (AvgIpc) is 3.68. The van der Waals surface area contributed by atoms with Crippen molar-refractivity contribution >= 4 is 18.1 Å².